The van der Waals surface area contributed by atoms with E-state index in [-0.39, 0.29) is 0 Å². The highest BCUT2D eigenvalue weighted by molar-refractivity contribution is 7.99. The van der Waals surface area contributed by atoms with Crippen molar-refractivity contribution in [2.24, 2.45) is 0 Å². The number of aromatic nitrogens is 1. The number of rotatable bonds is 4. The molecule has 1 heterocycles. The molecule has 1 aromatic heterocycles. The highest BCUT2D eigenvalue weighted by Gasteiger charge is 2.30. The maximum atomic E-state index is 13.3. The number of hydrogen-bond acceptors (Lipinski definition) is 3. The van der Waals surface area contributed by atoms with Gasteiger partial charge in [0.2, 0.25) is 0 Å². The van der Waals surface area contributed by atoms with Crippen LogP contribution >= 0.6 is 23.4 Å². The smallest absolute Gasteiger partial charge is 0.240 e. The lowest BCUT2D eigenvalue weighted by Gasteiger charge is -2.14. The summed E-state index contributed by atoms with van der Waals surface area (Å²) in [4.78, 5) is 5.47. The van der Waals surface area contributed by atoms with Crippen molar-refractivity contribution < 1.29 is 13.2 Å². The van der Waals surface area contributed by atoms with Gasteiger partial charge in [0.25, 0.3) is 0 Å². The van der Waals surface area contributed by atoms with E-state index in [1.807, 2.05) is 31.2 Å². The van der Waals surface area contributed by atoms with Gasteiger partial charge in [-0.15, -0.1) is 0 Å². The first-order valence-electron chi connectivity index (χ1n) is 9.88. The van der Waals surface area contributed by atoms with E-state index in [0.717, 1.165) is 28.2 Å². The molecular formula is C26H16ClF3N2S. The monoisotopic (exact) mass is 480 g/mol. The Morgan fingerprint density at radius 2 is 1.61 bits per heavy atom. The minimum atomic E-state index is -4.47. The van der Waals surface area contributed by atoms with Crippen molar-refractivity contribution in [2.45, 2.75) is 23.0 Å². The number of alkyl halides is 3. The first-order valence-corrected chi connectivity index (χ1v) is 11.1. The maximum Gasteiger partial charge on any atom is 0.416 e. The minimum Gasteiger partial charge on any atom is -0.240 e. The second-order valence-corrected chi connectivity index (χ2v) is 8.85. The lowest BCUT2D eigenvalue weighted by Crippen LogP contribution is -2.05. The second kappa shape index (κ2) is 9.30. The molecule has 0 saturated carbocycles. The average Bonchev–Trinajstić information content (AvgIpc) is 2.80. The molecule has 0 unspecified atom stereocenters. The van der Waals surface area contributed by atoms with Crippen LogP contribution in [-0.2, 0) is 6.18 Å². The summed E-state index contributed by atoms with van der Waals surface area (Å²) < 4.78 is 39.9. The molecule has 4 aromatic rings. The molecule has 0 N–H and O–H groups in total. The molecule has 7 heteroatoms. The van der Waals surface area contributed by atoms with Crippen molar-refractivity contribution in [3.05, 3.63) is 101 Å². The molecule has 0 amide bonds. The fourth-order valence-corrected chi connectivity index (χ4v) is 4.30. The first kappa shape index (κ1) is 22.9. The Kier molecular flexibility index (Phi) is 6.46. The lowest BCUT2D eigenvalue weighted by atomic mass is 9.98. The molecule has 0 saturated heterocycles. The summed E-state index contributed by atoms with van der Waals surface area (Å²) in [6, 6.07) is 23.6. The van der Waals surface area contributed by atoms with E-state index in [0.29, 0.717) is 32.4 Å². The van der Waals surface area contributed by atoms with E-state index in [2.05, 4.69) is 11.1 Å². The molecule has 2 nitrogen and oxygen atoms in total. The molecule has 0 fully saturated rings. The van der Waals surface area contributed by atoms with Crippen LogP contribution in [0.4, 0.5) is 13.2 Å². The van der Waals surface area contributed by atoms with Gasteiger partial charge in [0.15, 0.2) is 0 Å². The third kappa shape index (κ3) is 5.22. The molecular weight excluding hydrogens is 465 g/mol. The Hall–Kier alpha value is -3.27. The molecule has 0 radical (unpaired) electrons. The summed E-state index contributed by atoms with van der Waals surface area (Å²) in [6.45, 7) is 1.97. The summed E-state index contributed by atoms with van der Waals surface area (Å²) in [5.41, 5.74) is 2.64. The van der Waals surface area contributed by atoms with Gasteiger partial charge in [-0.2, -0.15) is 18.4 Å². The van der Waals surface area contributed by atoms with E-state index >= 15 is 0 Å². The van der Waals surface area contributed by atoms with Crippen LogP contribution in [0.1, 0.15) is 16.7 Å². The quantitative estimate of drug-likeness (QED) is 0.294. The number of hydrogen-bond donors (Lipinski definition) is 0. The van der Waals surface area contributed by atoms with E-state index < -0.39 is 11.7 Å². The van der Waals surface area contributed by atoms with Crippen LogP contribution in [0.3, 0.4) is 0 Å². The zero-order valence-corrected chi connectivity index (χ0v) is 18.9. The molecule has 0 aliphatic rings. The fraction of sp³-hybridized carbons (Fsp3) is 0.0769. The van der Waals surface area contributed by atoms with Crippen molar-refractivity contribution in [3.63, 3.8) is 0 Å². The molecule has 0 atom stereocenters. The van der Waals surface area contributed by atoms with Gasteiger partial charge in [-0.05, 0) is 55.0 Å². The zero-order valence-electron chi connectivity index (χ0n) is 17.3. The van der Waals surface area contributed by atoms with Gasteiger partial charge in [0.05, 0.1) is 16.8 Å². The Labute approximate surface area is 198 Å². The molecule has 4 rings (SSSR count). The largest absolute Gasteiger partial charge is 0.416 e. The van der Waals surface area contributed by atoms with Crippen molar-refractivity contribution in [3.8, 4) is 28.5 Å². The third-order valence-corrected chi connectivity index (χ3v) is 6.22. The molecule has 3 aromatic carbocycles. The lowest BCUT2D eigenvalue weighted by molar-refractivity contribution is -0.137. The molecule has 0 aliphatic carbocycles. The van der Waals surface area contributed by atoms with Crippen LogP contribution in [0.2, 0.25) is 5.02 Å². The van der Waals surface area contributed by atoms with E-state index in [9.17, 15) is 18.4 Å². The van der Waals surface area contributed by atoms with Gasteiger partial charge in [0, 0.05) is 21.0 Å². The number of nitrogens with zero attached hydrogens (tertiary/aromatic N) is 2. The van der Waals surface area contributed by atoms with Gasteiger partial charge >= 0.3 is 6.18 Å². The Balaban J connectivity index is 1.92. The van der Waals surface area contributed by atoms with Crippen molar-refractivity contribution in [1.82, 2.24) is 4.98 Å². The predicted octanol–water partition coefficient (Wildman–Crippen LogP) is 8.42. The van der Waals surface area contributed by atoms with Gasteiger partial charge in [-0.25, -0.2) is 4.98 Å². The summed E-state index contributed by atoms with van der Waals surface area (Å²) in [5.74, 6) is 0. The minimum absolute atomic E-state index is 0.315. The maximum absolute atomic E-state index is 13.3. The number of aryl methyl sites for hydroxylation is 1. The SMILES string of the molecule is Cc1ccc(Sc2nc(-c3cccc(C(F)(F)F)c3)cc(-c3ccc(Cl)cc3)c2C#N)cc1. The third-order valence-electron chi connectivity index (χ3n) is 4.97. The number of benzene rings is 3. The Morgan fingerprint density at radius 1 is 0.909 bits per heavy atom. The van der Waals surface area contributed by atoms with Gasteiger partial charge in [-0.3, -0.25) is 0 Å². The van der Waals surface area contributed by atoms with Crippen LogP contribution in [0.5, 0.6) is 0 Å². The summed E-state index contributed by atoms with van der Waals surface area (Å²) in [6.07, 6.45) is -4.47. The highest BCUT2D eigenvalue weighted by atomic mass is 35.5. The molecule has 164 valence electrons. The van der Waals surface area contributed by atoms with E-state index in [1.165, 1.54) is 17.8 Å². The summed E-state index contributed by atoms with van der Waals surface area (Å²) in [7, 11) is 0. The first-order chi connectivity index (χ1) is 15.7. The van der Waals surface area contributed by atoms with Gasteiger partial charge in [0.1, 0.15) is 11.1 Å². The Bertz CT molecular complexity index is 1340. The van der Waals surface area contributed by atoms with Crippen LogP contribution in [-0.4, -0.2) is 4.98 Å². The van der Waals surface area contributed by atoms with Gasteiger partial charge in [-0.1, -0.05) is 65.3 Å². The number of nitriles is 1. The second-order valence-electron chi connectivity index (χ2n) is 7.35. The number of pyridine rings is 1. The predicted molar refractivity (Wildman–Crippen MR) is 125 cm³/mol. The van der Waals surface area contributed by atoms with Crippen LogP contribution < -0.4 is 0 Å². The standard InChI is InChI=1S/C26H16ClF3N2S/c1-16-5-11-21(12-6-16)33-25-23(15-31)22(17-7-9-20(27)10-8-17)14-24(32-25)18-3-2-4-19(13-18)26(28,29)30/h2-14H,1H3. The molecule has 0 spiro atoms. The molecule has 0 bridgehead atoms. The normalized spacial score (nSPS) is 11.3. The molecule has 33 heavy (non-hydrogen) atoms. The fourth-order valence-electron chi connectivity index (χ4n) is 3.28. The van der Waals surface area contributed by atoms with Gasteiger partial charge < -0.3 is 0 Å². The summed E-state index contributed by atoms with van der Waals surface area (Å²) >= 11 is 7.32. The number of halogens is 4. The van der Waals surface area contributed by atoms with Crippen molar-refractivity contribution in [1.29, 1.82) is 5.26 Å². The van der Waals surface area contributed by atoms with Crippen molar-refractivity contribution in [2.75, 3.05) is 0 Å². The van der Waals surface area contributed by atoms with Crippen molar-refractivity contribution >= 4 is 23.4 Å². The zero-order chi connectivity index (χ0) is 23.6. The molecule has 0 aliphatic heterocycles. The van der Waals surface area contributed by atoms with E-state index in [1.54, 1.807) is 36.4 Å². The van der Waals surface area contributed by atoms with Crippen LogP contribution in [0.15, 0.2) is 88.8 Å². The summed E-state index contributed by atoms with van der Waals surface area (Å²) in [5, 5.41) is 10.9. The van der Waals surface area contributed by atoms with Crippen LogP contribution in [0, 0.1) is 18.3 Å². The average molecular weight is 481 g/mol. The van der Waals surface area contributed by atoms with Crippen LogP contribution in [0.25, 0.3) is 22.4 Å². The van der Waals surface area contributed by atoms with E-state index in [4.69, 9.17) is 11.6 Å². The topological polar surface area (TPSA) is 36.7 Å². The highest BCUT2D eigenvalue weighted by Crippen LogP contribution is 2.38. The Morgan fingerprint density at radius 3 is 2.24 bits per heavy atom.